The quantitative estimate of drug-likeness (QED) is 0.440. The molecule has 0 radical (unpaired) electrons. The predicted molar refractivity (Wildman–Crippen MR) is 106 cm³/mol. The van der Waals surface area contributed by atoms with Crippen LogP contribution in [-0.2, 0) is 14.6 Å². The van der Waals surface area contributed by atoms with E-state index < -0.39 is 67.4 Å². The van der Waals surface area contributed by atoms with Crippen molar-refractivity contribution >= 4 is 15.7 Å². The van der Waals surface area contributed by atoms with E-state index >= 15 is 0 Å². The van der Waals surface area contributed by atoms with Crippen molar-refractivity contribution in [3.8, 4) is 6.07 Å². The number of carbonyl (C=O) groups excluding carboxylic acids is 1. The van der Waals surface area contributed by atoms with Crippen LogP contribution in [0.25, 0.3) is 0 Å². The van der Waals surface area contributed by atoms with Crippen molar-refractivity contribution in [1.29, 1.82) is 5.26 Å². The summed E-state index contributed by atoms with van der Waals surface area (Å²) in [6.45, 7) is 0. The van der Waals surface area contributed by atoms with E-state index in [1.165, 1.54) is 0 Å². The van der Waals surface area contributed by atoms with Crippen molar-refractivity contribution in [3.63, 3.8) is 0 Å². The fourth-order valence-electron chi connectivity index (χ4n) is 3.11. The van der Waals surface area contributed by atoms with Gasteiger partial charge in [-0.15, -0.1) is 0 Å². The number of nitrogens with zero attached hydrogens (tertiary/aromatic N) is 1. The van der Waals surface area contributed by atoms with Gasteiger partial charge in [0.15, 0.2) is 9.84 Å². The van der Waals surface area contributed by atoms with Crippen molar-refractivity contribution in [3.05, 3.63) is 65.7 Å². The average molecular weight is 487 g/mol. The molecule has 1 aliphatic rings. The molecule has 6 nitrogen and oxygen atoms in total. The minimum absolute atomic E-state index is 0.271. The maximum Gasteiger partial charge on any atom is 0.407 e. The highest BCUT2D eigenvalue weighted by molar-refractivity contribution is 7.91. The zero-order chi connectivity index (χ0) is 24.4. The molecule has 0 spiro atoms. The average Bonchev–Trinajstić information content (AvgIpc) is 3.51. The first-order valence-electron chi connectivity index (χ1n) is 9.65. The Morgan fingerprint density at radius 1 is 1.03 bits per heavy atom. The number of hydrogen-bond donors (Lipinski definition) is 2. The Hall–Kier alpha value is -3.04. The topological polar surface area (TPSA) is 99.1 Å². The normalized spacial score (nSPS) is 17.0. The van der Waals surface area contributed by atoms with E-state index in [0.29, 0.717) is 0 Å². The lowest BCUT2D eigenvalue weighted by molar-refractivity contribution is -0.160. The Morgan fingerprint density at radius 3 is 2.00 bits per heavy atom. The molecule has 0 bridgehead atoms. The predicted octanol–water partition coefficient (Wildman–Crippen LogP) is 3.17. The molecule has 2 N–H and O–H groups in total. The van der Waals surface area contributed by atoms with Gasteiger partial charge in [-0.3, -0.25) is 10.1 Å². The van der Waals surface area contributed by atoms with Crippen LogP contribution in [0.15, 0.2) is 53.4 Å². The maximum absolute atomic E-state index is 13.8. The number of benzene rings is 2. The summed E-state index contributed by atoms with van der Waals surface area (Å²) in [4.78, 5) is 12.4. The highest BCUT2D eigenvalue weighted by atomic mass is 32.2. The van der Waals surface area contributed by atoms with Crippen molar-refractivity contribution in [2.45, 2.75) is 41.5 Å². The number of nitriles is 1. The molecule has 0 heterocycles. The molecule has 176 valence electrons. The minimum Gasteiger partial charge on any atom is -0.336 e. The molecule has 1 fully saturated rings. The number of carbonyl (C=O) groups is 1. The van der Waals surface area contributed by atoms with Gasteiger partial charge in [-0.05, 0) is 54.8 Å². The van der Waals surface area contributed by atoms with E-state index in [9.17, 15) is 40.4 Å². The van der Waals surface area contributed by atoms with Crippen molar-refractivity contribution < 1.29 is 35.2 Å². The Balaban J connectivity index is 1.94. The van der Waals surface area contributed by atoms with Crippen LogP contribution in [0.5, 0.6) is 0 Å². The lowest BCUT2D eigenvalue weighted by atomic mass is 10.0. The molecular formula is C21H18F5N3O3S. The second-order valence-electron chi connectivity index (χ2n) is 7.66. The largest absolute Gasteiger partial charge is 0.407 e. The number of hydrogen-bond acceptors (Lipinski definition) is 5. The van der Waals surface area contributed by atoms with Crippen molar-refractivity contribution in [2.75, 3.05) is 5.75 Å². The molecule has 2 atom stereocenters. The Bertz CT molecular complexity index is 1160. The molecule has 1 aliphatic carbocycles. The number of alkyl halides is 3. The number of sulfone groups is 1. The minimum atomic E-state index is -4.97. The molecule has 3 rings (SSSR count). The van der Waals surface area contributed by atoms with Crippen LogP contribution < -0.4 is 10.6 Å². The number of rotatable bonds is 8. The van der Waals surface area contributed by atoms with Crippen LogP contribution in [0.2, 0.25) is 0 Å². The number of halogens is 5. The second-order valence-corrected chi connectivity index (χ2v) is 9.70. The maximum atomic E-state index is 13.8. The summed E-state index contributed by atoms with van der Waals surface area (Å²) >= 11 is 0. The summed E-state index contributed by atoms with van der Waals surface area (Å²) in [6, 6.07) is 4.32. The Morgan fingerprint density at radius 2 is 1.55 bits per heavy atom. The van der Waals surface area contributed by atoms with Crippen LogP contribution in [0, 0.1) is 23.0 Å². The summed E-state index contributed by atoms with van der Waals surface area (Å²) in [7, 11) is -4.34. The lowest BCUT2D eigenvalue weighted by Gasteiger charge is -2.28. The summed E-state index contributed by atoms with van der Waals surface area (Å²) in [5.74, 6) is -3.71. The van der Waals surface area contributed by atoms with Crippen LogP contribution in [0.1, 0.15) is 24.4 Å². The lowest BCUT2D eigenvalue weighted by Crippen LogP contribution is -2.54. The number of nitrogens with one attached hydrogen (secondary N) is 2. The smallest absolute Gasteiger partial charge is 0.336 e. The van der Waals surface area contributed by atoms with Crippen LogP contribution in [0.4, 0.5) is 22.0 Å². The molecule has 0 aromatic heterocycles. The summed E-state index contributed by atoms with van der Waals surface area (Å²) in [5.41, 5.74) is -1.71. The van der Waals surface area contributed by atoms with Gasteiger partial charge in [0.2, 0.25) is 5.91 Å². The SMILES string of the molecule is N#CC1(NC(=O)C(CS(=O)(=O)c2ccc(F)cc2)N[C@@H](c2ccc(F)cc2)C(F)(F)F)CC1. The zero-order valence-corrected chi connectivity index (χ0v) is 17.7. The summed E-state index contributed by atoms with van der Waals surface area (Å²) < 4.78 is 93.4. The Kier molecular flexibility index (Phi) is 6.76. The van der Waals surface area contributed by atoms with E-state index in [1.54, 1.807) is 0 Å². The molecule has 0 aliphatic heterocycles. The standard InChI is InChI=1S/C21H18F5N3O3S/c22-14-3-1-13(2-4-14)18(21(24,25)26)28-17(19(30)29-20(12-27)9-10-20)11-33(31,32)16-7-5-15(23)6-8-16/h1-8,17-18,28H,9-11H2,(H,29,30)/t17?,18-/m0/s1. The van der Waals surface area contributed by atoms with Gasteiger partial charge in [-0.25, -0.2) is 17.2 Å². The van der Waals surface area contributed by atoms with Gasteiger partial charge in [0.25, 0.3) is 0 Å². The van der Waals surface area contributed by atoms with Crippen LogP contribution in [0.3, 0.4) is 0 Å². The van der Waals surface area contributed by atoms with E-state index in [4.69, 9.17) is 0 Å². The first kappa shape index (κ1) is 24.6. The monoisotopic (exact) mass is 487 g/mol. The van der Waals surface area contributed by atoms with E-state index in [2.05, 4.69) is 5.32 Å². The third-order valence-corrected chi connectivity index (χ3v) is 6.86. The summed E-state index contributed by atoms with van der Waals surface area (Å²) in [5, 5.41) is 13.5. The van der Waals surface area contributed by atoms with Gasteiger partial charge in [0.05, 0.1) is 16.7 Å². The molecule has 1 unspecified atom stereocenters. The molecule has 2 aromatic rings. The third-order valence-electron chi connectivity index (χ3n) is 5.10. The van der Waals surface area contributed by atoms with Crippen LogP contribution in [-0.4, -0.2) is 37.8 Å². The van der Waals surface area contributed by atoms with E-state index in [0.717, 1.165) is 48.5 Å². The summed E-state index contributed by atoms with van der Waals surface area (Å²) in [6.07, 6.45) is -4.43. The van der Waals surface area contributed by atoms with Crippen molar-refractivity contribution in [2.24, 2.45) is 0 Å². The van der Waals surface area contributed by atoms with E-state index in [-0.39, 0.29) is 12.8 Å². The zero-order valence-electron chi connectivity index (χ0n) is 16.9. The molecule has 12 heteroatoms. The van der Waals surface area contributed by atoms with Crippen molar-refractivity contribution in [1.82, 2.24) is 10.6 Å². The molecule has 33 heavy (non-hydrogen) atoms. The number of amides is 1. The molecule has 1 amide bonds. The van der Waals surface area contributed by atoms with Gasteiger partial charge in [0, 0.05) is 0 Å². The first-order chi connectivity index (χ1) is 15.3. The highest BCUT2D eigenvalue weighted by Gasteiger charge is 2.48. The molecule has 2 aromatic carbocycles. The molecular weight excluding hydrogens is 469 g/mol. The first-order valence-corrected chi connectivity index (χ1v) is 11.3. The van der Waals surface area contributed by atoms with Gasteiger partial charge in [-0.1, -0.05) is 12.1 Å². The van der Waals surface area contributed by atoms with Gasteiger partial charge in [-0.2, -0.15) is 18.4 Å². The van der Waals surface area contributed by atoms with E-state index in [1.807, 2.05) is 11.4 Å². The fourth-order valence-corrected chi connectivity index (χ4v) is 4.54. The third kappa shape index (κ3) is 6.06. The van der Waals surface area contributed by atoms with Gasteiger partial charge in [0.1, 0.15) is 29.3 Å². The fraction of sp³-hybridized carbons (Fsp3) is 0.333. The van der Waals surface area contributed by atoms with Crippen LogP contribution >= 0.6 is 0 Å². The Labute approximate surface area is 186 Å². The second kappa shape index (κ2) is 9.07. The molecule has 0 saturated heterocycles. The van der Waals surface area contributed by atoms with Gasteiger partial charge >= 0.3 is 6.18 Å². The molecule has 1 saturated carbocycles. The highest BCUT2D eigenvalue weighted by Crippen LogP contribution is 2.36. The van der Waals surface area contributed by atoms with Gasteiger partial charge < -0.3 is 5.32 Å².